The maximum Gasteiger partial charge on any atom is 0.161 e. The van der Waals surface area contributed by atoms with Crippen LogP contribution in [0.1, 0.15) is 11.1 Å². The Labute approximate surface area is 69.6 Å². The van der Waals surface area contributed by atoms with Crippen LogP contribution in [-0.4, -0.2) is 0 Å². The number of thiol groups is 1. The van der Waals surface area contributed by atoms with Gasteiger partial charge in [-0.2, -0.15) is 12.6 Å². The van der Waals surface area contributed by atoms with E-state index in [2.05, 4.69) is 12.6 Å². The zero-order valence-electron chi connectivity index (χ0n) is 6.06. The lowest BCUT2D eigenvalue weighted by Gasteiger charge is -2.00. The van der Waals surface area contributed by atoms with E-state index in [0.717, 1.165) is 6.07 Å². The van der Waals surface area contributed by atoms with E-state index >= 15 is 0 Å². The summed E-state index contributed by atoms with van der Waals surface area (Å²) in [4.78, 5) is 0. The van der Waals surface area contributed by atoms with Crippen molar-refractivity contribution in [2.24, 2.45) is 0 Å². The van der Waals surface area contributed by atoms with Crippen LogP contribution in [0.3, 0.4) is 0 Å². The molecule has 0 spiro atoms. The van der Waals surface area contributed by atoms with Crippen LogP contribution in [0.2, 0.25) is 0 Å². The minimum atomic E-state index is -0.797. The third kappa shape index (κ3) is 1.71. The standard InChI is InChI=1S/C8H8F2S/c1-5-2-6(4-11)3-7(9)8(5)10/h2-3,11H,4H2,1H3. The zero-order chi connectivity index (χ0) is 8.43. The van der Waals surface area contributed by atoms with Crippen molar-refractivity contribution in [1.82, 2.24) is 0 Å². The van der Waals surface area contributed by atoms with Crippen molar-refractivity contribution in [3.05, 3.63) is 34.9 Å². The van der Waals surface area contributed by atoms with Gasteiger partial charge in [0.2, 0.25) is 0 Å². The van der Waals surface area contributed by atoms with E-state index in [9.17, 15) is 8.78 Å². The number of aryl methyl sites for hydroxylation is 1. The molecule has 0 unspecified atom stereocenters. The Balaban J connectivity index is 3.21. The molecule has 0 atom stereocenters. The molecule has 0 aliphatic rings. The smallest absolute Gasteiger partial charge is 0.161 e. The third-order valence-corrected chi connectivity index (χ3v) is 1.82. The van der Waals surface area contributed by atoms with Gasteiger partial charge >= 0.3 is 0 Å². The van der Waals surface area contributed by atoms with Crippen LogP contribution in [0.25, 0.3) is 0 Å². The lowest BCUT2D eigenvalue weighted by atomic mass is 10.1. The molecular weight excluding hydrogens is 166 g/mol. The van der Waals surface area contributed by atoms with Gasteiger partial charge in [0, 0.05) is 5.75 Å². The van der Waals surface area contributed by atoms with Crippen molar-refractivity contribution in [2.45, 2.75) is 12.7 Å². The summed E-state index contributed by atoms with van der Waals surface area (Å²) in [5.74, 6) is -1.14. The van der Waals surface area contributed by atoms with Crippen LogP contribution in [0.15, 0.2) is 12.1 Å². The summed E-state index contributed by atoms with van der Waals surface area (Å²) in [6.07, 6.45) is 0. The quantitative estimate of drug-likeness (QED) is 0.622. The molecule has 1 aromatic rings. The Morgan fingerprint density at radius 2 is 2.00 bits per heavy atom. The van der Waals surface area contributed by atoms with Crippen LogP contribution in [0, 0.1) is 18.6 Å². The van der Waals surface area contributed by atoms with Crippen LogP contribution < -0.4 is 0 Å². The van der Waals surface area contributed by atoms with Gasteiger partial charge in [0.25, 0.3) is 0 Å². The summed E-state index contributed by atoms with van der Waals surface area (Å²) in [6, 6.07) is 2.75. The molecule has 0 amide bonds. The number of benzene rings is 1. The summed E-state index contributed by atoms with van der Waals surface area (Å²) in [5, 5.41) is 0. The minimum absolute atomic E-state index is 0.328. The first-order valence-corrected chi connectivity index (χ1v) is 3.83. The lowest BCUT2D eigenvalue weighted by molar-refractivity contribution is 0.502. The molecule has 0 saturated heterocycles. The molecule has 3 heteroatoms. The summed E-state index contributed by atoms with van der Waals surface area (Å²) in [7, 11) is 0. The largest absolute Gasteiger partial charge is 0.204 e. The number of hydrogen-bond acceptors (Lipinski definition) is 1. The Morgan fingerprint density at radius 1 is 1.36 bits per heavy atom. The monoisotopic (exact) mass is 174 g/mol. The molecule has 0 heterocycles. The Bertz CT molecular complexity index is 248. The molecule has 0 aliphatic heterocycles. The Hall–Kier alpha value is -0.570. The summed E-state index contributed by atoms with van der Waals surface area (Å²) >= 11 is 3.95. The van der Waals surface area contributed by atoms with E-state index in [1.807, 2.05) is 0 Å². The van der Waals surface area contributed by atoms with E-state index < -0.39 is 11.6 Å². The molecule has 11 heavy (non-hydrogen) atoms. The minimum Gasteiger partial charge on any atom is -0.204 e. The molecule has 0 saturated carbocycles. The fourth-order valence-corrected chi connectivity index (χ4v) is 1.07. The molecule has 0 aliphatic carbocycles. The topological polar surface area (TPSA) is 0 Å². The normalized spacial score (nSPS) is 10.2. The van der Waals surface area contributed by atoms with E-state index in [1.54, 1.807) is 6.07 Å². The molecule has 1 rings (SSSR count). The van der Waals surface area contributed by atoms with E-state index in [4.69, 9.17) is 0 Å². The van der Waals surface area contributed by atoms with Crippen LogP contribution in [-0.2, 0) is 5.75 Å². The van der Waals surface area contributed by atoms with Crippen molar-refractivity contribution in [1.29, 1.82) is 0 Å². The van der Waals surface area contributed by atoms with Crippen molar-refractivity contribution in [3.8, 4) is 0 Å². The predicted molar refractivity (Wildman–Crippen MR) is 43.8 cm³/mol. The SMILES string of the molecule is Cc1cc(CS)cc(F)c1F. The van der Waals surface area contributed by atoms with Gasteiger partial charge in [-0.25, -0.2) is 8.78 Å². The number of hydrogen-bond donors (Lipinski definition) is 1. The van der Waals surface area contributed by atoms with E-state index in [1.165, 1.54) is 6.92 Å². The van der Waals surface area contributed by atoms with Gasteiger partial charge in [-0.15, -0.1) is 0 Å². The molecule has 0 aromatic heterocycles. The van der Waals surface area contributed by atoms with E-state index in [0.29, 0.717) is 16.9 Å². The fourth-order valence-electron chi connectivity index (χ4n) is 0.889. The summed E-state index contributed by atoms with van der Waals surface area (Å²) in [5.41, 5.74) is 1.03. The van der Waals surface area contributed by atoms with Gasteiger partial charge < -0.3 is 0 Å². The zero-order valence-corrected chi connectivity index (χ0v) is 6.96. The Morgan fingerprint density at radius 3 is 2.45 bits per heavy atom. The highest BCUT2D eigenvalue weighted by atomic mass is 32.1. The fraction of sp³-hybridized carbons (Fsp3) is 0.250. The van der Waals surface area contributed by atoms with Gasteiger partial charge in [0.1, 0.15) is 0 Å². The first kappa shape index (κ1) is 8.53. The molecule has 0 N–H and O–H groups in total. The third-order valence-electron chi connectivity index (χ3n) is 1.45. The second-order valence-electron chi connectivity index (χ2n) is 2.37. The molecule has 1 aromatic carbocycles. The highest BCUT2D eigenvalue weighted by Crippen LogP contribution is 2.14. The highest BCUT2D eigenvalue weighted by Gasteiger charge is 2.05. The molecule has 0 bridgehead atoms. The molecule has 0 fully saturated rings. The molecule has 0 radical (unpaired) electrons. The Kier molecular flexibility index (Phi) is 2.49. The van der Waals surface area contributed by atoms with Gasteiger partial charge in [-0.3, -0.25) is 0 Å². The first-order valence-electron chi connectivity index (χ1n) is 3.20. The predicted octanol–water partition coefficient (Wildman–Crippen LogP) is 2.70. The van der Waals surface area contributed by atoms with E-state index in [-0.39, 0.29) is 0 Å². The summed E-state index contributed by atoms with van der Waals surface area (Å²) < 4.78 is 25.3. The molecule has 60 valence electrons. The van der Waals surface area contributed by atoms with Crippen molar-refractivity contribution in [2.75, 3.05) is 0 Å². The maximum absolute atomic E-state index is 12.6. The van der Waals surface area contributed by atoms with Gasteiger partial charge in [-0.05, 0) is 24.1 Å². The van der Waals surface area contributed by atoms with Crippen LogP contribution in [0.5, 0.6) is 0 Å². The van der Waals surface area contributed by atoms with Crippen LogP contribution in [0.4, 0.5) is 8.78 Å². The molecule has 0 nitrogen and oxygen atoms in total. The van der Waals surface area contributed by atoms with Crippen molar-refractivity contribution < 1.29 is 8.78 Å². The van der Waals surface area contributed by atoms with Crippen molar-refractivity contribution in [3.63, 3.8) is 0 Å². The van der Waals surface area contributed by atoms with Gasteiger partial charge in [-0.1, -0.05) is 6.07 Å². The van der Waals surface area contributed by atoms with Crippen LogP contribution >= 0.6 is 12.6 Å². The summed E-state index contributed by atoms with van der Waals surface area (Å²) in [6.45, 7) is 1.53. The lowest BCUT2D eigenvalue weighted by Crippen LogP contribution is -1.91. The second kappa shape index (κ2) is 3.22. The average molecular weight is 174 g/mol. The molecular formula is C8H8F2S. The number of rotatable bonds is 1. The highest BCUT2D eigenvalue weighted by molar-refractivity contribution is 7.79. The van der Waals surface area contributed by atoms with Crippen molar-refractivity contribution >= 4 is 12.6 Å². The van der Waals surface area contributed by atoms with Gasteiger partial charge in [0.15, 0.2) is 11.6 Å². The number of halogens is 2. The average Bonchev–Trinajstić information content (AvgIpc) is 1.99. The van der Waals surface area contributed by atoms with Gasteiger partial charge in [0.05, 0.1) is 0 Å². The second-order valence-corrected chi connectivity index (χ2v) is 2.68. The maximum atomic E-state index is 12.6. The first-order chi connectivity index (χ1) is 5.15.